The minimum absolute atomic E-state index is 0.0515. The Morgan fingerprint density at radius 1 is 0.951 bits per heavy atom. The first kappa shape index (κ1) is 26.7. The van der Waals surface area contributed by atoms with Crippen molar-refractivity contribution in [1.82, 2.24) is 20.0 Å². The van der Waals surface area contributed by atoms with Gasteiger partial charge in [0.25, 0.3) is 0 Å². The lowest BCUT2D eigenvalue weighted by molar-refractivity contribution is -0.137. The Bertz CT molecular complexity index is 1740. The van der Waals surface area contributed by atoms with Crippen LogP contribution in [0, 0.1) is 5.82 Å². The summed E-state index contributed by atoms with van der Waals surface area (Å²) in [6.45, 7) is 2.70. The molecule has 2 aromatic heterocycles. The van der Waals surface area contributed by atoms with Gasteiger partial charge in [-0.3, -0.25) is 4.79 Å². The van der Waals surface area contributed by atoms with Gasteiger partial charge in [-0.05, 0) is 35.4 Å². The van der Waals surface area contributed by atoms with Crippen molar-refractivity contribution in [3.05, 3.63) is 112 Å². The average Bonchev–Trinajstić information content (AvgIpc) is 3.43. The molecule has 0 bridgehead atoms. The van der Waals surface area contributed by atoms with Crippen molar-refractivity contribution in [3.63, 3.8) is 0 Å². The molecule has 1 aliphatic heterocycles. The van der Waals surface area contributed by atoms with Crippen molar-refractivity contribution in [1.29, 1.82) is 0 Å². The standard InChI is InChI=1S/C30H25F4N5O2/c31-24-15-22-25(16-26(24)38-12-10-35-11-13-38)39(17-20-6-8-21(9-7-20)30(32,33)34)18-23(28(22)40)29-36-27(41-37-29)14-19-4-2-1-3-5-19/h1-9,15-16,18,35H,10-14,17H2. The van der Waals surface area contributed by atoms with Crippen LogP contribution < -0.4 is 15.6 Å². The molecular weight excluding hydrogens is 538 g/mol. The van der Waals surface area contributed by atoms with E-state index in [1.165, 1.54) is 18.2 Å². The van der Waals surface area contributed by atoms with Gasteiger partial charge in [-0.25, -0.2) is 4.39 Å². The Morgan fingerprint density at radius 2 is 1.68 bits per heavy atom. The maximum Gasteiger partial charge on any atom is 0.416 e. The topological polar surface area (TPSA) is 76.2 Å². The van der Waals surface area contributed by atoms with Gasteiger partial charge in [0.05, 0.1) is 28.8 Å². The normalized spacial score (nSPS) is 14.1. The zero-order valence-corrected chi connectivity index (χ0v) is 21.8. The van der Waals surface area contributed by atoms with Gasteiger partial charge < -0.3 is 19.3 Å². The number of pyridine rings is 1. The number of nitrogens with zero attached hydrogens (tertiary/aromatic N) is 4. The maximum atomic E-state index is 15.4. The maximum absolute atomic E-state index is 15.4. The Morgan fingerprint density at radius 3 is 2.39 bits per heavy atom. The van der Waals surface area contributed by atoms with Crippen molar-refractivity contribution < 1.29 is 22.1 Å². The minimum Gasteiger partial charge on any atom is -0.367 e. The summed E-state index contributed by atoms with van der Waals surface area (Å²) in [5, 5.41) is 7.36. The third-order valence-electron chi connectivity index (χ3n) is 7.15. The van der Waals surface area contributed by atoms with Crippen LogP contribution in [0.15, 0.2) is 82.2 Å². The van der Waals surface area contributed by atoms with E-state index >= 15 is 4.39 Å². The van der Waals surface area contributed by atoms with Crippen molar-refractivity contribution in [2.75, 3.05) is 31.1 Å². The second kappa shape index (κ2) is 10.8. The largest absolute Gasteiger partial charge is 0.416 e. The number of nitrogens with one attached hydrogen (secondary N) is 1. The molecule has 1 fully saturated rings. The molecule has 3 aromatic carbocycles. The first-order valence-electron chi connectivity index (χ1n) is 13.1. The lowest BCUT2D eigenvalue weighted by Crippen LogP contribution is -2.43. The van der Waals surface area contributed by atoms with Crippen LogP contribution in [0.2, 0.25) is 0 Å². The van der Waals surface area contributed by atoms with Gasteiger partial charge >= 0.3 is 6.18 Å². The van der Waals surface area contributed by atoms with E-state index in [4.69, 9.17) is 4.52 Å². The fourth-order valence-electron chi connectivity index (χ4n) is 5.04. The fraction of sp³-hybridized carbons (Fsp3) is 0.233. The van der Waals surface area contributed by atoms with Crippen LogP contribution in [0.3, 0.4) is 0 Å². The number of aromatic nitrogens is 3. The lowest BCUT2D eigenvalue weighted by atomic mass is 10.1. The van der Waals surface area contributed by atoms with Crippen LogP contribution >= 0.6 is 0 Å². The first-order valence-corrected chi connectivity index (χ1v) is 13.1. The predicted molar refractivity (Wildman–Crippen MR) is 146 cm³/mol. The molecule has 0 unspecified atom stereocenters. The molecule has 5 aromatic rings. The van der Waals surface area contributed by atoms with Gasteiger partial charge in [-0.2, -0.15) is 18.2 Å². The predicted octanol–water partition coefficient (Wildman–Crippen LogP) is 5.26. The summed E-state index contributed by atoms with van der Waals surface area (Å²) in [5.41, 5.74) is 1.19. The van der Waals surface area contributed by atoms with E-state index in [-0.39, 0.29) is 23.3 Å². The van der Waals surface area contributed by atoms with Crippen molar-refractivity contribution in [2.24, 2.45) is 0 Å². The Labute approximate surface area is 232 Å². The number of rotatable bonds is 6. The minimum atomic E-state index is -4.46. The molecule has 0 spiro atoms. The molecule has 1 aliphatic rings. The van der Waals surface area contributed by atoms with Crippen LogP contribution in [0.1, 0.15) is 22.6 Å². The van der Waals surface area contributed by atoms with Crippen LogP contribution in [-0.2, 0) is 19.1 Å². The number of alkyl halides is 3. The van der Waals surface area contributed by atoms with Gasteiger partial charge in [0.1, 0.15) is 5.82 Å². The lowest BCUT2D eigenvalue weighted by Gasteiger charge is -2.30. The highest BCUT2D eigenvalue weighted by Gasteiger charge is 2.30. The second-order valence-electron chi connectivity index (χ2n) is 9.93. The monoisotopic (exact) mass is 563 g/mol. The molecule has 210 valence electrons. The van der Waals surface area contributed by atoms with E-state index in [1.807, 2.05) is 35.2 Å². The third kappa shape index (κ3) is 5.58. The number of benzene rings is 3. The molecular formula is C30H25F4N5O2. The van der Waals surface area contributed by atoms with E-state index in [0.29, 0.717) is 55.3 Å². The van der Waals surface area contributed by atoms with E-state index in [1.54, 1.807) is 16.8 Å². The SMILES string of the molecule is O=c1c(-c2noc(Cc3ccccc3)n2)cn(Cc2ccc(C(F)(F)F)cc2)c2cc(N3CCNCC3)c(F)cc12. The van der Waals surface area contributed by atoms with E-state index in [2.05, 4.69) is 15.5 Å². The summed E-state index contributed by atoms with van der Waals surface area (Å²) in [7, 11) is 0. The number of anilines is 1. The molecule has 1 N–H and O–H groups in total. The summed E-state index contributed by atoms with van der Waals surface area (Å²) in [6.07, 6.45) is -2.54. The van der Waals surface area contributed by atoms with Crippen molar-refractivity contribution >= 4 is 16.6 Å². The Balaban J connectivity index is 1.45. The molecule has 7 nitrogen and oxygen atoms in total. The van der Waals surface area contributed by atoms with Crippen LogP contribution in [0.4, 0.5) is 23.2 Å². The Hall–Kier alpha value is -4.51. The number of hydrogen-bond acceptors (Lipinski definition) is 6. The number of halogens is 4. The highest BCUT2D eigenvalue weighted by Crippen LogP contribution is 2.30. The fourth-order valence-corrected chi connectivity index (χ4v) is 5.04. The van der Waals surface area contributed by atoms with Gasteiger partial charge in [-0.15, -0.1) is 0 Å². The molecule has 0 aliphatic carbocycles. The molecule has 11 heteroatoms. The average molecular weight is 564 g/mol. The summed E-state index contributed by atoms with van der Waals surface area (Å²) in [6, 6.07) is 17.1. The van der Waals surface area contributed by atoms with Crippen molar-refractivity contribution in [2.45, 2.75) is 19.1 Å². The molecule has 1 saturated heterocycles. The summed E-state index contributed by atoms with van der Waals surface area (Å²) in [4.78, 5) is 20.0. The van der Waals surface area contributed by atoms with Crippen molar-refractivity contribution in [3.8, 4) is 11.4 Å². The van der Waals surface area contributed by atoms with Gasteiger partial charge in [0, 0.05) is 44.3 Å². The third-order valence-corrected chi connectivity index (χ3v) is 7.15. The molecule has 41 heavy (non-hydrogen) atoms. The van der Waals surface area contributed by atoms with Crippen LogP contribution in [0.5, 0.6) is 0 Å². The zero-order chi connectivity index (χ0) is 28.6. The second-order valence-corrected chi connectivity index (χ2v) is 9.93. The summed E-state index contributed by atoms with van der Waals surface area (Å²) in [5.74, 6) is -0.177. The van der Waals surface area contributed by atoms with Crippen LogP contribution in [-0.4, -0.2) is 40.9 Å². The van der Waals surface area contributed by atoms with Gasteiger partial charge in [-0.1, -0.05) is 47.6 Å². The molecule has 0 saturated carbocycles. The molecule has 3 heterocycles. The molecule has 0 atom stereocenters. The van der Waals surface area contributed by atoms with Gasteiger partial charge in [0.2, 0.25) is 17.1 Å². The molecule has 0 radical (unpaired) electrons. The van der Waals surface area contributed by atoms with Crippen LogP contribution in [0.25, 0.3) is 22.3 Å². The number of piperazine rings is 1. The highest BCUT2D eigenvalue weighted by molar-refractivity contribution is 5.86. The number of fused-ring (bicyclic) bond motifs is 1. The smallest absolute Gasteiger partial charge is 0.367 e. The summed E-state index contributed by atoms with van der Waals surface area (Å²) < 4.78 is 61.9. The van der Waals surface area contributed by atoms with E-state index in [9.17, 15) is 18.0 Å². The van der Waals surface area contributed by atoms with E-state index < -0.39 is 23.0 Å². The first-order chi connectivity index (χ1) is 19.8. The summed E-state index contributed by atoms with van der Waals surface area (Å²) >= 11 is 0. The zero-order valence-electron chi connectivity index (χ0n) is 21.8. The highest BCUT2D eigenvalue weighted by atomic mass is 19.4. The molecule has 6 rings (SSSR count). The Kier molecular flexibility index (Phi) is 7.04. The van der Waals surface area contributed by atoms with E-state index in [0.717, 1.165) is 17.7 Å². The van der Waals surface area contributed by atoms with Gasteiger partial charge in [0.15, 0.2) is 0 Å². The quantitative estimate of drug-likeness (QED) is 0.284. The molecule has 0 amide bonds. The number of hydrogen-bond donors (Lipinski definition) is 1.